The molecule has 0 saturated heterocycles. The summed E-state index contributed by atoms with van der Waals surface area (Å²) in [6.07, 6.45) is 0. The van der Waals surface area contributed by atoms with E-state index in [4.69, 9.17) is 0 Å². The van der Waals surface area contributed by atoms with Gasteiger partial charge in [-0.25, -0.2) is 4.39 Å². The van der Waals surface area contributed by atoms with Crippen LogP contribution in [-0.4, -0.2) is 24.4 Å². The molecule has 2 rings (SSSR count). The summed E-state index contributed by atoms with van der Waals surface area (Å²) in [5.41, 5.74) is 0. The SMILES string of the molecule is Cn1nnc(CS(=O)c2cccc(F)c2)n1. The van der Waals surface area contributed by atoms with Gasteiger partial charge in [0.25, 0.3) is 0 Å². The molecule has 0 spiro atoms. The second-order valence-corrected chi connectivity index (χ2v) is 4.59. The van der Waals surface area contributed by atoms with E-state index in [1.54, 1.807) is 13.1 Å². The molecule has 1 aromatic carbocycles. The van der Waals surface area contributed by atoms with E-state index in [1.807, 2.05) is 0 Å². The van der Waals surface area contributed by atoms with Gasteiger partial charge in [0.15, 0.2) is 5.82 Å². The predicted octanol–water partition coefficient (Wildman–Crippen LogP) is 0.657. The van der Waals surface area contributed by atoms with Crippen LogP contribution < -0.4 is 0 Å². The molecular weight excluding hydrogens is 231 g/mol. The van der Waals surface area contributed by atoms with Gasteiger partial charge >= 0.3 is 0 Å². The van der Waals surface area contributed by atoms with Crippen LogP contribution in [0.3, 0.4) is 0 Å². The molecule has 5 nitrogen and oxygen atoms in total. The molecule has 2 aromatic rings. The zero-order valence-corrected chi connectivity index (χ0v) is 9.32. The van der Waals surface area contributed by atoms with Crippen molar-refractivity contribution in [2.24, 2.45) is 7.05 Å². The minimum atomic E-state index is -1.35. The normalized spacial score (nSPS) is 12.6. The monoisotopic (exact) mass is 240 g/mol. The molecule has 84 valence electrons. The maximum atomic E-state index is 12.9. The van der Waals surface area contributed by atoms with Gasteiger partial charge in [0.05, 0.1) is 23.6 Å². The maximum absolute atomic E-state index is 12.9. The molecule has 0 aliphatic heterocycles. The van der Waals surface area contributed by atoms with Gasteiger partial charge in [0.1, 0.15) is 5.82 Å². The van der Waals surface area contributed by atoms with Crippen LogP contribution in [-0.2, 0) is 23.6 Å². The van der Waals surface area contributed by atoms with Crippen molar-refractivity contribution < 1.29 is 8.60 Å². The third-order valence-corrected chi connectivity index (χ3v) is 3.17. The number of benzene rings is 1. The van der Waals surface area contributed by atoms with Crippen molar-refractivity contribution in [3.05, 3.63) is 35.9 Å². The van der Waals surface area contributed by atoms with Gasteiger partial charge in [0, 0.05) is 4.90 Å². The van der Waals surface area contributed by atoms with Crippen molar-refractivity contribution in [1.29, 1.82) is 0 Å². The highest BCUT2D eigenvalue weighted by atomic mass is 32.2. The summed E-state index contributed by atoms with van der Waals surface area (Å²) in [5, 5.41) is 11.3. The van der Waals surface area contributed by atoms with E-state index in [0.717, 1.165) is 0 Å². The Hall–Kier alpha value is -1.63. The van der Waals surface area contributed by atoms with Crippen molar-refractivity contribution in [2.75, 3.05) is 0 Å². The average molecular weight is 240 g/mol. The smallest absolute Gasteiger partial charge is 0.187 e. The molecule has 0 aliphatic rings. The van der Waals surface area contributed by atoms with Crippen molar-refractivity contribution in [3.8, 4) is 0 Å². The second-order valence-electron chi connectivity index (χ2n) is 3.14. The third kappa shape index (κ3) is 2.48. The van der Waals surface area contributed by atoms with Gasteiger partial charge in [-0.15, -0.1) is 10.2 Å². The van der Waals surface area contributed by atoms with E-state index < -0.39 is 16.6 Å². The quantitative estimate of drug-likeness (QED) is 0.790. The van der Waals surface area contributed by atoms with Crippen LogP contribution in [0.2, 0.25) is 0 Å². The molecule has 0 radical (unpaired) electrons. The van der Waals surface area contributed by atoms with Gasteiger partial charge in [-0.2, -0.15) is 4.80 Å². The molecule has 7 heteroatoms. The van der Waals surface area contributed by atoms with Gasteiger partial charge in [-0.1, -0.05) is 6.07 Å². The minimum Gasteiger partial charge on any atom is -0.254 e. The highest BCUT2D eigenvalue weighted by Gasteiger charge is 2.09. The van der Waals surface area contributed by atoms with Gasteiger partial charge in [-0.05, 0) is 23.4 Å². The number of halogens is 1. The van der Waals surface area contributed by atoms with E-state index in [9.17, 15) is 8.60 Å². The molecule has 1 unspecified atom stereocenters. The molecule has 0 aliphatic carbocycles. The third-order valence-electron chi connectivity index (χ3n) is 1.87. The fourth-order valence-corrected chi connectivity index (χ4v) is 2.18. The van der Waals surface area contributed by atoms with Crippen molar-refractivity contribution >= 4 is 10.8 Å². The van der Waals surface area contributed by atoms with Crippen LogP contribution in [0.5, 0.6) is 0 Å². The van der Waals surface area contributed by atoms with Gasteiger partial charge in [-0.3, -0.25) is 4.21 Å². The van der Waals surface area contributed by atoms with E-state index in [0.29, 0.717) is 10.7 Å². The van der Waals surface area contributed by atoms with Crippen LogP contribution in [0.25, 0.3) is 0 Å². The Morgan fingerprint density at radius 1 is 1.50 bits per heavy atom. The number of nitrogens with zero attached hydrogens (tertiary/aromatic N) is 4. The van der Waals surface area contributed by atoms with Gasteiger partial charge < -0.3 is 0 Å². The Morgan fingerprint density at radius 3 is 2.94 bits per heavy atom. The molecule has 1 atom stereocenters. The first-order valence-corrected chi connectivity index (χ1v) is 5.84. The minimum absolute atomic E-state index is 0.136. The number of rotatable bonds is 3. The summed E-state index contributed by atoms with van der Waals surface area (Å²) in [6, 6.07) is 5.68. The summed E-state index contributed by atoms with van der Waals surface area (Å²) in [4.78, 5) is 1.71. The van der Waals surface area contributed by atoms with Crippen LogP contribution in [0.4, 0.5) is 4.39 Å². The summed E-state index contributed by atoms with van der Waals surface area (Å²) in [6.45, 7) is 0. The number of tetrazole rings is 1. The average Bonchev–Trinajstić information content (AvgIpc) is 2.64. The van der Waals surface area contributed by atoms with Crippen LogP contribution in [0.1, 0.15) is 5.82 Å². The Morgan fingerprint density at radius 2 is 2.31 bits per heavy atom. The Kier molecular flexibility index (Phi) is 3.04. The standard InChI is InChI=1S/C9H9FN4OS/c1-14-12-9(11-13-14)6-16(15)8-4-2-3-7(10)5-8/h2-5H,6H2,1H3. The Labute approximate surface area is 93.7 Å². The number of hydrogen-bond donors (Lipinski definition) is 0. The molecule has 0 N–H and O–H groups in total. The van der Waals surface area contributed by atoms with E-state index in [2.05, 4.69) is 15.4 Å². The number of hydrogen-bond acceptors (Lipinski definition) is 4. The molecule has 0 fully saturated rings. The summed E-state index contributed by atoms with van der Waals surface area (Å²) in [7, 11) is 0.277. The van der Waals surface area contributed by atoms with Crippen molar-refractivity contribution in [1.82, 2.24) is 20.2 Å². The molecular formula is C9H9FN4OS. The first-order chi connectivity index (χ1) is 7.65. The summed E-state index contributed by atoms with van der Waals surface area (Å²) in [5.74, 6) is 0.111. The number of aromatic nitrogens is 4. The van der Waals surface area contributed by atoms with E-state index in [-0.39, 0.29) is 5.75 Å². The summed E-state index contributed by atoms with van der Waals surface area (Å²) < 4.78 is 24.7. The summed E-state index contributed by atoms with van der Waals surface area (Å²) >= 11 is 0. The molecule has 0 saturated carbocycles. The lowest BCUT2D eigenvalue weighted by Gasteiger charge is -1.98. The largest absolute Gasteiger partial charge is 0.254 e. The van der Waals surface area contributed by atoms with E-state index in [1.165, 1.54) is 23.0 Å². The molecule has 16 heavy (non-hydrogen) atoms. The highest BCUT2D eigenvalue weighted by Crippen LogP contribution is 2.11. The highest BCUT2D eigenvalue weighted by molar-refractivity contribution is 7.84. The maximum Gasteiger partial charge on any atom is 0.187 e. The molecule has 0 amide bonds. The Balaban J connectivity index is 2.14. The zero-order valence-electron chi connectivity index (χ0n) is 8.50. The fraction of sp³-hybridized carbons (Fsp3) is 0.222. The molecule has 0 bridgehead atoms. The molecule has 1 heterocycles. The van der Waals surface area contributed by atoms with Gasteiger partial charge in [0.2, 0.25) is 0 Å². The topological polar surface area (TPSA) is 60.7 Å². The lowest BCUT2D eigenvalue weighted by Crippen LogP contribution is -2.00. The molecule has 1 aromatic heterocycles. The zero-order chi connectivity index (χ0) is 11.5. The van der Waals surface area contributed by atoms with Crippen LogP contribution >= 0.6 is 0 Å². The van der Waals surface area contributed by atoms with Crippen molar-refractivity contribution in [2.45, 2.75) is 10.6 Å². The van der Waals surface area contributed by atoms with Crippen LogP contribution in [0, 0.1) is 5.82 Å². The lowest BCUT2D eigenvalue weighted by molar-refractivity contribution is 0.622. The fourth-order valence-electron chi connectivity index (χ4n) is 1.19. The number of aryl methyl sites for hydroxylation is 1. The first-order valence-electron chi connectivity index (χ1n) is 4.52. The predicted molar refractivity (Wildman–Crippen MR) is 55.3 cm³/mol. The lowest BCUT2D eigenvalue weighted by atomic mass is 10.4. The Bertz CT molecular complexity index is 528. The second kappa shape index (κ2) is 4.48. The van der Waals surface area contributed by atoms with Crippen molar-refractivity contribution in [3.63, 3.8) is 0 Å². The van der Waals surface area contributed by atoms with Crippen LogP contribution in [0.15, 0.2) is 29.2 Å². The van der Waals surface area contributed by atoms with E-state index >= 15 is 0 Å². The first kappa shape index (κ1) is 10.9.